The molecule has 1 aromatic carbocycles. The van der Waals surface area contributed by atoms with E-state index in [-0.39, 0.29) is 0 Å². The highest BCUT2D eigenvalue weighted by molar-refractivity contribution is 6.32. The van der Waals surface area contributed by atoms with Crippen molar-refractivity contribution >= 4 is 11.6 Å². The van der Waals surface area contributed by atoms with E-state index >= 15 is 0 Å². The number of hydrogen-bond acceptors (Lipinski definition) is 2. The van der Waals surface area contributed by atoms with Gasteiger partial charge in [-0.2, -0.15) is 0 Å². The second kappa shape index (κ2) is 5.23. The van der Waals surface area contributed by atoms with Crippen molar-refractivity contribution in [1.29, 1.82) is 0 Å². The molecule has 0 saturated carbocycles. The van der Waals surface area contributed by atoms with E-state index in [2.05, 4.69) is 0 Å². The minimum Gasteiger partial charge on any atom is -0.492 e. The predicted octanol–water partition coefficient (Wildman–Crippen LogP) is 3.18. The molecule has 3 heteroatoms. The van der Waals surface area contributed by atoms with Crippen LogP contribution in [0.25, 0.3) is 0 Å². The molecule has 1 rings (SSSR count). The van der Waals surface area contributed by atoms with Crippen molar-refractivity contribution in [2.24, 2.45) is 0 Å². The van der Waals surface area contributed by atoms with Crippen molar-refractivity contribution in [3.63, 3.8) is 0 Å². The summed E-state index contributed by atoms with van der Waals surface area (Å²) in [5, 5.41) is 10.2. The monoisotopic (exact) mass is 214 g/mol. The Morgan fingerprint density at radius 3 is 2.71 bits per heavy atom. The predicted molar refractivity (Wildman–Crippen MR) is 57.9 cm³/mol. The number of rotatable bonds is 4. The number of aliphatic hydroxyl groups is 1. The Balaban J connectivity index is 3.00. The van der Waals surface area contributed by atoms with Gasteiger partial charge in [0.05, 0.1) is 17.7 Å². The Morgan fingerprint density at radius 1 is 1.43 bits per heavy atom. The van der Waals surface area contributed by atoms with Gasteiger partial charge in [-0.25, -0.2) is 0 Å². The summed E-state index contributed by atoms with van der Waals surface area (Å²) in [5.41, 5.74) is 0.736. The molecule has 2 nitrogen and oxygen atoms in total. The smallest absolute Gasteiger partial charge is 0.138 e. The van der Waals surface area contributed by atoms with Crippen LogP contribution in [-0.2, 0) is 0 Å². The summed E-state index contributed by atoms with van der Waals surface area (Å²) >= 11 is 6.08. The van der Waals surface area contributed by atoms with Crippen molar-refractivity contribution in [2.75, 3.05) is 6.61 Å². The third-order valence-corrected chi connectivity index (χ3v) is 2.44. The first-order chi connectivity index (χ1) is 6.70. The van der Waals surface area contributed by atoms with Crippen LogP contribution in [-0.4, -0.2) is 11.7 Å². The lowest BCUT2D eigenvalue weighted by Crippen LogP contribution is -1.99. The molecule has 1 atom stereocenters. The fourth-order valence-corrected chi connectivity index (χ4v) is 1.58. The van der Waals surface area contributed by atoms with E-state index in [9.17, 15) is 5.11 Å². The molecule has 14 heavy (non-hydrogen) atoms. The van der Waals surface area contributed by atoms with Crippen molar-refractivity contribution in [1.82, 2.24) is 0 Å². The second-order valence-electron chi connectivity index (χ2n) is 3.02. The van der Waals surface area contributed by atoms with Gasteiger partial charge in [-0.1, -0.05) is 30.7 Å². The van der Waals surface area contributed by atoms with E-state index in [1.807, 2.05) is 26.0 Å². The molecular formula is C11H15ClO2. The zero-order chi connectivity index (χ0) is 10.6. The summed E-state index contributed by atoms with van der Waals surface area (Å²) in [6.07, 6.45) is 0.137. The summed E-state index contributed by atoms with van der Waals surface area (Å²) in [7, 11) is 0. The minimum atomic E-state index is -0.511. The Morgan fingerprint density at radius 2 is 2.14 bits per heavy atom. The van der Waals surface area contributed by atoms with Gasteiger partial charge in [0.15, 0.2) is 0 Å². The molecular weight excluding hydrogens is 200 g/mol. The standard InChI is InChI=1S/C11H15ClO2/c1-3-9(13)8-6-5-7-10(11(8)12)14-4-2/h5-7,9,13H,3-4H2,1-2H3. The number of hydrogen-bond donors (Lipinski definition) is 1. The summed E-state index contributed by atoms with van der Waals surface area (Å²) < 4.78 is 5.33. The second-order valence-corrected chi connectivity index (χ2v) is 3.39. The summed E-state index contributed by atoms with van der Waals surface area (Å²) in [4.78, 5) is 0. The zero-order valence-electron chi connectivity index (χ0n) is 8.46. The molecule has 0 aliphatic heterocycles. The first kappa shape index (κ1) is 11.3. The van der Waals surface area contributed by atoms with Gasteiger partial charge >= 0.3 is 0 Å². The molecule has 0 radical (unpaired) electrons. The van der Waals surface area contributed by atoms with Crippen LogP contribution in [0.4, 0.5) is 0 Å². The van der Waals surface area contributed by atoms with Gasteiger partial charge < -0.3 is 9.84 Å². The van der Waals surface area contributed by atoms with E-state index in [1.54, 1.807) is 6.07 Å². The van der Waals surface area contributed by atoms with Crippen LogP contribution in [0.1, 0.15) is 31.9 Å². The average Bonchev–Trinajstić information content (AvgIpc) is 2.20. The lowest BCUT2D eigenvalue weighted by atomic mass is 10.1. The van der Waals surface area contributed by atoms with Crippen LogP contribution in [0.2, 0.25) is 5.02 Å². The van der Waals surface area contributed by atoms with Crippen LogP contribution in [0.15, 0.2) is 18.2 Å². The van der Waals surface area contributed by atoms with Gasteiger partial charge in [0, 0.05) is 5.56 Å². The fourth-order valence-electron chi connectivity index (χ4n) is 1.27. The molecule has 1 N–H and O–H groups in total. The topological polar surface area (TPSA) is 29.5 Å². The Kier molecular flexibility index (Phi) is 4.23. The van der Waals surface area contributed by atoms with Crippen molar-refractivity contribution in [3.8, 4) is 5.75 Å². The third-order valence-electron chi connectivity index (χ3n) is 2.04. The van der Waals surface area contributed by atoms with Crippen LogP contribution in [0.3, 0.4) is 0 Å². The Labute approximate surface area is 89.5 Å². The molecule has 0 saturated heterocycles. The minimum absolute atomic E-state index is 0.511. The molecule has 0 spiro atoms. The first-order valence-corrected chi connectivity index (χ1v) is 5.17. The van der Waals surface area contributed by atoms with Crippen LogP contribution >= 0.6 is 11.6 Å². The molecule has 0 fully saturated rings. The van der Waals surface area contributed by atoms with E-state index in [0.29, 0.717) is 23.8 Å². The largest absolute Gasteiger partial charge is 0.492 e. The molecule has 0 aromatic heterocycles. The molecule has 1 aromatic rings. The number of aliphatic hydroxyl groups excluding tert-OH is 1. The van der Waals surface area contributed by atoms with Gasteiger partial charge in [-0.05, 0) is 19.4 Å². The van der Waals surface area contributed by atoms with Crippen LogP contribution < -0.4 is 4.74 Å². The number of halogens is 1. The van der Waals surface area contributed by atoms with Crippen molar-refractivity contribution in [2.45, 2.75) is 26.4 Å². The quantitative estimate of drug-likeness (QED) is 0.834. The fraction of sp³-hybridized carbons (Fsp3) is 0.455. The number of benzene rings is 1. The average molecular weight is 215 g/mol. The van der Waals surface area contributed by atoms with Gasteiger partial charge in [0.25, 0.3) is 0 Å². The van der Waals surface area contributed by atoms with Gasteiger partial charge in [-0.3, -0.25) is 0 Å². The van der Waals surface area contributed by atoms with Gasteiger partial charge in [0.1, 0.15) is 5.75 Å². The molecule has 0 aliphatic rings. The van der Waals surface area contributed by atoms with Crippen LogP contribution in [0, 0.1) is 0 Å². The van der Waals surface area contributed by atoms with Gasteiger partial charge in [0.2, 0.25) is 0 Å². The summed E-state index contributed by atoms with van der Waals surface area (Å²) in [6, 6.07) is 5.46. The highest BCUT2D eigenvalue weighted by Gasteiger charge is 2.12. The lowest BCUT2D eigenvalue weighted by Gasteiger charge is -2.13. The van der Waals surface area contributed by atoms with Crippen LogP contribution in [0.5, 0.6) is 5.75 Å². The Hall–Kier alpha value is -0.730. The maximum atomic E-state index is 9.66. The molecule has 0 bridgehead atoms. The SMILES string of the molecule is CCOc1cccc(C(O)CC)c1Cl. The van der Waals surface area contributed by atoms with Gasteiger partial charge in [-0.15, -0.1) is 0 Å². The molecule has 78 valence electrons. The van der Waals surface area contributed by atoms with Crippen molar-refractivity contribution in [3.05, 3.63) is 28.8 Å². The first-order valence-electron chi connectivity index (χ1n) is 4.80. The highest BCUT2D eigenvalue weighted by atomic mass is 35.5. The summed E-state index contributed by atoms with van der Waals surface area (Å²) in [6.45, 7) is 4.39. The van der Waals surface area contributed by atoms with Crippen molar-refractivity contribution < 1.29 is 9.84 Å². The maximum Gasteiger partial charge on any atom is 0.138 e. The molecule has 1 unspecified atom stereocenters. The maximum absolute atomic E-state index is 9.66. The third kappa shape index (κ3) is 2.40. The Bertz CT molecular complexity index is 299. The molecule has 0 aliphatic carbocycles. The lowest BCUT2D eigenvalue weighted by molar-refractivity contribution is 0.173. The zero-order valence-corrected chi connectivity index (χ0v) is 9.21. The molecule has 0 amide bonds. The number of ether oxygens (including phenoxy) is 1. The summed E-state index contributed by atoms with van der Waals surface area (Å²) in [5.74, 6) is 0.638. The van der Waals surface area contributed by atoms with E-state index in [4.69, 9.17) is 16.3 Å². The van der Waals surface area contributed by atoms with E-state index < -0.39 is 6.10 Å². The molecule has 0 heterocycles. The highest BCUT2D eigenvalue weighted by Crippen LogP contribution is 2.32. The van der Waals surface area contributed by atoms with E-state index in [1.165, 1.54) is 0 Å². The normalized spacial score (nSPS) is 12.6. The van der Waals surface area contributed by atoms with E-state index in [0.717, 1.165) is 5.56 Å².